The Morgan fingerprint density at radius 1 is 1.19 bits per heavy atom. The van der Waals surface area contributed by atoms with E-state index in [4.69, 9.17) is 4.74 Å². The molecule has 0 aliphatic heterocycles. The monoisotopic (exact) mass is 413 g/mol. The van der Waals surface area contributed by atoms with Crippen LogP contribution in [0.5, 0.6) is 5.75 Å². The van der Waals surface area contributed by atoms with Crippen molar-refractivity contribution in [2.75, 3.05) is 5.32 Å². The van der Waals surface area contributed by atoms with Crippen molar-refractivity contribution < 1.29 is 9.53 Å². The number of aryl methyl sites for hydroxylation is 2. The molecule has 0 spiro atoms. The fourth-order valence-corrected chi connectivity index (χ4v) is 3.71. The third-order valence-electron chi connectivity index (χ3n) is 5.42. The van der Waals surface area contributed by atoms with Crippen molar-refractivity contribution in [3.05, 3.63) is 71.7 Å². The molecular weight excluding hydrogens is 390 g/mol. The molecule has 1 saturated carbocycles. The maximum absolute atomic E-state index is 12.1. The summed E-state index contributed by atoms with van der Waals surface area (Å²) in [5.74, 6) is 1.32. The molecule has 5 rings (SSSR count). The summed E-state index contributed by atoms with van der Waals surface area (Å²) < 4.78 is 7.79. The zero-order chi connectivity index (χ0) is 21.4. The van der Waals surface area contributed by atoms with Crippen molar-refractivity contribution in [3.8, 4) is 16.9 Å². The zero-order valence-corrected chi connectivity index (χ0v) is 17.5. The minimum Gasteiger partial charge on any atom is -0.488 e. The summed E-state index contributed by atoms with van der Waals surface area (Å²) in [4.78, 5) is 20.8. The molecule has 1 aliphatic carbocycles. The Labute approximate surface area is 180 Å². The summed E-state index contributed by atoms with van der Waals surface area (Å²) in [6.07, 6.45) is 7.29. The van der Waals surface area contributed by atoms with Crippen molar-refractivity contribution in [2.24, 2.45) is 5.92 Å². The molecule has 1 fully saturated rings. The number of amides is 1. The van der Waals surface area contributed by atoms with Gasteiger partial charge < -0.3 is 4.74 Å². The fourth-order valence-electron chi connectivity index (χ4n) is 3.71. The Morgan fingerprint density at radius 2 is 2.00 bits per heavy atom. The molecule has 3 aromatic heterocycles. The minimum absolute atomic E-state index is 0.000683. The van der Waals surface area contributed by atoms with Crippen LogP contribution in [-0.4, -0.2) is 25.5 Å². The molecule has 3 heterocycles. The molecule has 0 atom stereocenters. The first-order valence-corrected chi connectivity index (χ1v) is 10.4. The highest BCUT2D eigenvalue weighted by molar-refractivity contribution is 5.93. The molecular formula is C24H23N5O2. The molecule has 1 aromatic carbocycles. The average Bonchev–Trinajstić information content (AvgIpc) is 3.53. The number of nitrogens with one attached hydrogen (secondary N) is 1. The van der Waals surface area contributed by atoms with E-state index in [-0.39, 0.29) is 11.8 Å². The Hall–Kier alpha value is -3.74. The first-order valence-electron chi connectivity index (χ1n) is 10.4. The third kappa shape index (κ3) is 3.99. The molecule has 7 nitrogen and oxygen atoms in total. The maximum atomic E-state index is 12.1. The van der Waals surface area contributed by atoms with Gasteiger partial charge in [0, 0.05) is 35.6 Å². The average molecular weight is 413 g/mol. The molecule has 1 amide bonds. The van der Waals surface area contributed by atoms with Crippen LogP contribution >= 0.6 is 0 Å². The number of pyridine rings is 2. The van der Waals surface area contributed by atoms with Crippen LogP contribution in [0.25, 0.3) is 16.8 Å². The van der Waals surface area contributed by atoms with Gasteiger partial charge in [-0.15, -0.1) is 5.10 Å². The van der Waals surface area contributed by atoms with Crippen LogP contribution in [0.1, 0.15) is 29.5 Å². The Morgan fingerprint density at radius 3 is 2.71 bits per heavy atom. The Kier molecular flexibility index (Phi) is 4.86. The van der Waals surface area contributed by atoms with Gasteiger partial charge in [0.05, 0.1) is 0 Å². The fraction of sp³-hybridized carbons (Fsp3) is 0.250. The number of benzene rings is 1. The second-order valence-electron chi connectivity index (χ2n) is 7.98. The van der Waals surface area contributed by atoms with Crippen LogP contribution in [0.2, 0.25) is 0 Å². The molecule has 1 aliphatic rings. The van der Waals surface area contributed by atoms with Crippen LogP contribution in [0.4, 0.5) is 5.95 Å². The van der Waals surface area contributed by atoms with Gasteiger partial charge in [-0.2, -0.15) is 4.98 Å². The van der Waals surface area contributed by atoms with Gasteiger partial charge in [-0.3, -0.25) is 15.1 Å². The van der Waals surface area contributed by atoms with Crippen LogP contribution < -0.4 is 10.1 Å². The summed E-state index contributed by atoms with van der Waals surface area (Å²) >= 11 is 0. The number of anilines is 1. The number of ether oxygens (including phenoxy) is 1. The van der Waals surface area contributed by atoms with E-state index in [2.05, 4.69) is 32.5 Å². The number of fused-ring (bicyclic) bond motifs is 1. The number of carbonyl (C=O) groups excluding carboxylic acids is 1. The summed E-state index contributed by atoms with van der Waals surface area (Å²) in [7, 11) is 0. The van der Waals surface area contributed by atoms with Gasteiger partial charge in [-0.25, -0.2) is 4.52 Å². The summed E-state index contributed by atoms with van der Waals surface area (Å²) in [5, 5.41) is 7.25. The SMILES string of the molecule is Cc1cc(-c2cccn3nc(NC(=O)C4CC4)nc23)cc(C)c1OCc1cccnc1. The van der Waals surface area contributed by atoms with Crippen molar-refractivity contribution >= 4 is 17.5 Å². The van der Waals surface area contributed by atoms with Gasteiger partial charge in [-0.05, 0) is 73.7 Å². The smallest absolute Gasteiger partial charge is 0.249 e. The number of hydrogen-bond acceptors (Lipinski definition) is 5. The topological polar surface area (TPSA) is 81.4 Å². The second-order valence-corrected chi connectivity index (χ2v) is 7.98. The molecule has 0 saturated heterocycles. The molecule has 31 heavy (non-hydrogen) atoms. The number of nitrogens with zero attached hydrogens (tertiary/aromatic N) is 4. The number of carbonyl (C=O) groups is 1. The van der Waals surface area contributed by atoms with Crippen molar-refractivity contribution in [3.63, 3.8) is 0 Å². The maximum Gasteiger partial charge on any atom is 0.249 e. The lowest BCUT2D eigenvalue weighted by molar-refractivity contribution is -0.117. The number of hydrogen-bond donors (Lipinski definition) is 1. The Balaban J connectivity index is 1.44. The van der Waals surface area contributed by atoms with Crippen LogP contribution in [-0.2, 0) is 11.4 Å². The van der Waals surface area contributed by atoms with E-state index in [1.54, 1.807) is 10.7 Å². The van der Waals surface area contributed by atoms with E-state index in [1.165, 1.54) is 0 Å². The van der Waals surface area contributed by atoms with E-state index >= 15 is 0 Å². The lowest BCUT2D eigenvalue weighted by Crippen LogP contribution is -2.14. The molecule has 156 valence electrons. The summed E-state index contributed by atoms with van der Waals surface area (Å²) in [6.45, 7) is 4.55. The summed E-state index contributed by atoms with van der Waals surface area (Å²) in [6, 6.07) is 12.0. The van der Waals surface area contributed by atoms with Gasteiger partial charge in [0.1, 0.15) is 12.4 Å². The largest absolute Gasteiger partial charge is 0.488 e. The predicted octanol–water partition coefficient (Wildman–Crippen LogP) is 4.34. The highest BCUT2D eigenvalue weighted by Gasteiger charge is 2.30. The third-order valence-corrected chi connectivity index (χ3v) is 5.42. The zero-order valence-electron chi connectivity index (χ0n) is 17.5. The molecule has 0 radical (unpaired) electrons. The van der Waals surface area contributed by atoms with Gasteiger partial charge >= 0.3 is 0 Å². The standard InChI is InChI=1S/C24H23N5O2/c1-15-11-19(12-16(2)21(15)31-14-17-5-3-9-25-13-17)20-6-4-10-29-22(20)26-24(28-29)27-23(30)18-7-8-18/h3-6,9-13,18H,7-8,14H2,1-2H3,(H,27,28,30). The number of rotatable bonds is 6. The molecule has 0 unspecified atom stereocenters. The molecule has 7 heteroatoms. The Bertz CT molecular complexity index is 1240. The highest BCUT2D eigenvalue weighted by Crippen LogP contribution is 2.33. The van der Waals surface area contributed by atoms with E-state index in [9.17, 15) is 4.79 Å². The van der Waals surface area contributed by atoms with E-state index in [0.29, 0.717) is 18.2 Å². The normalized spacial score (nSPS) is 13.4. The number of aromatic nitrogens is 4. The van der Waals surface area contributed by atoms with Crippen LogP contribution in [0.3, 0.4) is 0 Å². The second kappa shape index (κ2) is 7.83. The lowest BCUT2D eigenvalue weighted by Gasteiger charge is -2.14. The molecule has 0 bridgehead atoms. The first-order chi connectivity index (χ1) is 15.1. The van der Waals surface area contributed by atoms with Gasteiger partial charge in [0.2, 0.25) is 11.9 Å². The van der Waals surface area contributed by atoms with Gasteiger partial charge in [-0.1, -0.05) is 6.07 Å². The van der Waals surface area contributed by atoms with Gasteiger partial charge in [0.25, 0.3) is 0 Å². The van der Waals surface area contributed by atoms with Gasteiger partial charge in [0.15, 0.2) is 5.65 Å². The lowest BCUT2D eigenvalue weighted by atomic mass is 10.0. The van der Waals surface area contributed by atoms with E-state index in [1.807, 2.05) is 50.5 Å². The van der Waals surface area contributed by atoms with Crippen molar-refractivity contribution in [2.45, 2.75) is 33.3 Å². The molecule has 4 aromatic rings. The van der Waals surface area contributed by atoms with Crippen molar-refractivity contribution in [1.29, 1.82) is 0 Å². The summed E-state index contributed by atoms with van der Waals surface area (Å²) in [5.41, 5.74) is 5.80. The van der Waals surface area contributed by atoms with Crippen LogP contribution in [0, 0.1) is 19.8 Å². The van der Waals surface area contributed by atoms with E-state index < -0.39 is 0 Å². The minimum atomic E-state index is -0.000683. The predicted molar refractivity (Wildman–Crippen MR) is 118 cm³/mol. The highest BCUT2D eigenvalue weighted by atomic mass is 16.5. The molecule has 1 N–H and O–H groups in total. The first kappa shape index (κ1) is 19.2. The van der Waals surface area contributed by atoms with Crippen molar-refractivity contribution in [1.82, 2.24) is 19.6 Å². The van der Waals surface area contributed by atoms with Crippen LogP contribution in [0.15, 0.2) is 55.0 Å². The van der Waals surface area contributed by atoms with E-state index in [0.717, 1.165) is 46.4 Å². The quantitative estimate of drug-likeness (QED) is 0.509.